The number of ether oxygens (including phenoxy) is 2. The Bertz CT molecular complexity index is 855. The Labute approximate surface area is 168 Å². The maximum Gasteiger partial charge on any atom is 0.312 e. The Morgan fingerprint density at radius 3 is 2.54 bits per heavy atom. The normalized spacial score (nSPS) is 10.1. The second kappa shape index (κ2) is 10.2. The quantitative estimate of drug-likeness (QED) is 0.298. The molecule has 0 fully saturated rings. The van der Waals surface area contributed by atoms with Crippen molar-refractivity contribution >= 4 is 34.6 Å². The molecule has 9 heteroatoms. The molecule has 2 rings (SSSR count). The minimum atomic E-state index is -0.560. The third kappa shape index (κ3) is 5.92. The molecule has 0 heterocycles. The lowest BCUT2D eigenvalue weighted by molar-refractivity contribution is -0.385. The van der Waals surface area contributed by atoms with E-state index in [9.17, 15) is 14.9 Å². The number of hydrogen-bond acceptors (Lipinski definition) is 6. The van der Waals surface area contributed by atoms with Crippen LogP contribution in [-0.4, -0.2) is 29.7 Å². The molecule has 0 aliphatic carbocycles. The molecule has 8 nitrogen and oxygen atoms in total. The first kappa shape index (κ1) is 21.1. The van der Waals surface area contributed by atoms with Crippen molar-refractivity contribution < 1.29 is 19.2 Å². The van der Waals surface area contributed by atoms with E-state index in [1.54, 1.807) is 30.3 Å². The van der Waals surface area contributed by atoms with Gasteiger partial charge in [0, 0.05) is 17.3 Å². The van der Waals surface area contributed by atoms with Crippen molar-refractivity contribution in [2.45, 2.75) is 19.8 Å². The highest BCUT2D eigenvalue weighted by Crippen LogP contribution is 2.29. The second-order valence-electron chi connectivity index (χ2n) is 5.78. The van der Waals surface area contributed by atoms with Gasteiger partial charge in [0.15, 0.2) is 10.9 Å². The molecule has 0 aliphatic rings. The Morgan fingerprint density at radius 2 is 1.93 bits per heavy atom. The van der Waals surface area contributed by atoms with Crippen LogP contribution in [0.4, 0.5) is 11.4 Å². The molecular formula is C19H21N3O5S. The molecule has 0 aliphatic heterocycles. The van der Waals surface area contributed by atoms with Gasteiger partial charge in [-0.15, -0.1) is 0 Å². The Kier molecular flexibility index (Phi) is 7.70. The number of amides is 1. The zero-order valence-electron chi connectivity index (χ0n) is 15.6. The summed E-state index contributed by atoms with van der Waals surface area (Å²) in [6, 6.07) is 11.0. The molecule has 2 aromatic carbocycles. The number of carbonyl (C=O) groups is 1. The van der Waals surface area contributed by atoms with Gasteiger partial charge in [-0.25, -0.2) is 0 Å². The number of methoxy groups -OCH3 is 1. The standard InChI is InChI=1S/C19H21N3O5S/c1-3-4-11-27-15-8-5-13(6-9-15)18(23)21-19(28)20-14-7-10-17(26-2)16(12-14)22(24)25/h5-10,12H,3-4,11H2,1-2H3,(H2,20,21,23,28). The van der Waals surface area contributed by atoms with Gasteiger partial charge in [0.05, 0.1) is 18.6 Å². The first-order valence-corrected chi connectivity index (χ1v) is 9.03. The number of anilines is 1. The lowest BCUT2D eigenvalue weighted by Crippen LogP contribution is -2.34. The number of carbonyl (C=O) groups excluding carboxylic acids is 1. The van der Waals surface area contributed by atoms with Gasteiger partial charge in [0.1, 0.15) is 5.75 Å². The summed E-state index contributed by atoms with van der Waals surface area (Å²) in [5.74, 6) is 0.420. The lowest BCUT2D eigenvalue weighted by Gasteiger charge is -2.11. The predicted octanol–water partition coefficient (Wildman–Crippen LogP) is 3.91. The van der Waals surface area contributed by atoms with E-state index in [-0.39, 0.29) is 16.5 Å². The summed E-state index contributed by atoms with van der Waals surface area (Å²) in [5, 5.41) is 16.4. The molecule has 1 amide bonds. The fraction of sp³-hybridized carbons (Fsp3) is 0.263. The van der Waals surface area contributed by atoms with Gasteiger partial charge in [-0.05, 0) is 55.0 Å². The molecule has 0 spiro atoms. The Balaban J connectivity index is 1.96. The molecule has 28 heavy (non-hydrogen) atoms. The SMILES string of the molecule is CCCCOc1ccc(C(=O)NC(=S)Nc2ccc(OC)c([N+](=O)[O-])c2)cc1. The third-order valence-electron chi connectivity index (χ3n) is 3.74. The molecule has 0 saturated carbocycles. The van der Waals surface area contributed by atoms with Crippen molar-refractivity contribution in [3.05, 3.63) is 58.1 Å². The first-order valence-electron chi connectivity index (χ1n) is 8.62. The van der Waals surface area contributed by atoms with Crippen LogP contribution in [0.5, 0.6) is 11.5 Å². The van der Waals surface area contributed by atoms with Gasteiger partial charge in [0.2, 0.25) is 0 Å². The van der Waals surface area contributed by atoms with E-state index in [1.807, 2.05) is 0 Å². The fourth-order valence-electron chi connectivity index (χ4n) is 2.28. The number of thiocarbonyl (C=S) groups is 1. The van der Waals surface area contributed by atoms with E-state index in [0.717, 1.165) is 12.8 Å². The van der Waals surface area contributed by atoms with Crippen molar-refractivity contribution in [1.82, 2.24) is 5.32 Å². The van der Waals surface area contributed by atoms with Crippen LogP contribution in [0.2, 0.25) is 0 Å². The minimum Gasteiger partial charge on any atom is -0.494 e. The zero-order valence-corrected chi connectivity index (χ0v) is 16.4. The van der Waals surface area contributed by atoms with Gasteiger partial charge in [-0.3, -0.25) is 20.2 Å². The van der Waals surface area contributed by atoms with Crippen LogP contribution < -0.4 is 20.1 Å². The van der Waals surface area contributed by atoms with Gasteiger partial charge < -0.3 is 14.8 Å². The maximum absolute atomic E-state index is 12.3. The van der Waals surface area contributed by atoms with E-state index in [4.69, 9.17) is 21.7 Å². The average molecular weight is 403 g/mol. The van der Waals surface area contributed by atoms with Gasteiger partial charge in [-0.1, -0.05) is 13.3 Å². The monoisotopic (exact) mass is 403 g/mol. The van der Waals surface area contributed by atoms with Crippen LogP contribution in [0.1, 0.15) is 30.1 Å². The summed E-state index contributed by atoms with van der Waals surface area (Å²) >= 11 is 5.11. The molecule has 0 saturated heterocycles. The van der Waals surface area contributed by atoms with Crippen molar-refractivity contribution in [1.29, 1.82) is 0 Å². The maximum atomic E-state index is 12.3. The van der Waals surface area contributed by atoms with E-state index >= 15 is 0 Å². The lowest BCUT2D eigenvalue weighted by atomic mass is 10.2. The summed E-state index contributed by atoms with van der Waals surface area (Å²) < 4.78 is 10.5. The van der Waals surface area contributed by atoms with Crippen molar-refractivity contribution in [2.75, 3.05) is 19.0 Å². The molecule has 2 N–H and O–H groups in total. The van der Waals surface area contributed by atoms with Crippen LogP contribution in [0.3, 0.4) is 0 Å². The zero-order chi connectivity index (χ0) is 20.5. The van der Waals surface area contributed by atoms with Crippen LogP contribution in [0.25, 0.3) is 0 Å². The summed E-state index contributed by atoms with van der Waals surface area (Å²) in [5.41, 5.74) is 0.561. The number of nitro benzene ring substituents is 1. The molecular weight excluding hydrogens is 382 g/mol. The third-order valence-corrected chi connectivity index (χ3v) is 3.95. The topological polar surface area (TPSA) is 103 Å². The van der Waals surface area contributed by atoms with Crippen molar-refractivity contribution in [3.8, 4) is 11.5 Å². The van der Waals surface area contributed by atoms with E-state index < -0.39 is 10.8 Å². The van der Waals surface area contributed by atoms with Gasteiger partial charge in [-0.2, -0.15) is 0 Å². The number of nitro groups is 1. The molecule has 0 radical (unpaired) electrons. The highest BCUT2D eigenvalue weighted by molar-refractivity contribution is 7.80. The number of unbranched alkanes of at least 4 members (excludes halogenated alkanes) is 1. The van der Waals surface area contributed by atoms with E-state index in [2.05, 4.69) is 17.6 Å². The van der Waals surface area contributed by atoms with Crippen LogP contribution in [0, 0.1) is 10.1 Å². The van der Waals surface area contributed by atoms with Crippen LogP contribution in [-0.2, 0) is 0 Å². The number of hydrogen-bond donors (Lipinski definition) is 2. The van der Waals surface area contributed by atoms with Crippen molar-refractivity contribution in [3.63, 3.8) is 0 Å². The second-order valence-corrected chi connectivity index (χ2v) is 6.19. The summed E-state index contributed by atoms with van der Waals surface area (Å²) in [6.07, 6.45) is 2.01. The molecule has 2 aromatic rings. The molecule has 0 unspecified atom stereocenters. The van der Waals surface area contributed by atoms with Crippen molar-refractivity contribution in [2.24, 2.45) is 0 Å². The molecule has 0 aromatic heterocycles. The Morgan fingerprint density at radius 1 is 1.21 bits per heavy atom. The van der Waals surface area contributed by atoms with Gasteiger partial charge >= 0.3 is 5.69 Å². The van der Waals surface area contributed by atoms with E-state index in [1.165, 1.54) is 19.2 Å². The van der Waals surface area contributed by atoms with Gasteiger partial charge in [0.25, 0.3) is 5.91 Å². The smallest absolute Gasteiger partial charge is 0.312 e. The highest BCUT2D eigenvalue weighted by Gasteiger charge is 2.16. The molecule has 0 atom stereocenters. The van der Waals surface area contributed by atoms with Crippen LogP contribution >= 0.6 is 12.2 Å². The minimum absolute atomic E-state index is 0.0211. The van der Waals surface area contributed by atoms with Crippen LogP contribution in [0.15, 0.2) is 42.5 Å². The number of nitrogens with one attached hydrogen (secondary N) is 2. The summed E-state index contributed by atoms with van der Waals surface area (Å²) in [7, 11) is 1.35. The molecule has 0 bridgehead atoms. The largest absolute Gasteiger partial charge is 0.494 e. The molecule has 148 valence electrons. The summed E-state index contributed by atoms with van der Waals surface area (Å²) in [4.78, 5) is 22.8. The fourth-order valence-corrected chi connectivity index (χ4v) is 2.50. The Hall–Kier alpha value is -3.20. The summed E-state index contributed by atoms with van der Waals surface area (Å²) in [6.45, 7) is 2.71. The number of nitrogens with zero attached hydrogens (tertiary/aromatic N) is 1. The number of benzene rings is 2. The predicted molar refractivity (Wildman–Crippen MR) is 110 cm³/mol. The highest BCUT2D eigenvalue weighted by atomic mass is 32.1. The first-order chi connectivity index (χ1) is 13.4. The number of rotatable bonds is 8. The average Bonchev–Trinajstić information content (AvgIpc) is 2.68. The van der Waals surface area contributed by atoms with E-state index in [0.29, 0.717) is 23.6 Å².